The van der Waals surface area contributed by atoms with Gasteiger partial charge in [-0.15, -0.1) is 0 Å². The molecule has 2 aromatic carbocycles. The number of carbonyl (C=O) groups is 1. The van der Waals surface area contributed by atoms with Crippen LogP contribution in [-0.4, -0.2) is 17.5 Å². The van der Waals surface area contributed by atoms with E-state index in [0.29, 0.717) is 29.2 Å². The van der Waals surface area contributed by atoms with E-state index < -0.39 is 12.0 Å². The largest absolute Gasteiger partial charge is 0.494 e. The van der Waals surface area contributed by atoms with Gasteiger partial charge >= 0.3 is 0 Å². The Kier molecular flexibility index (Phi) is 4.88. The highest BCUT2D eigenvalue weighted by molar-refractivity contribution is 6.33. The van der Waals surface area contributed by atoms with Gasteiger partial charge in [-0.1, -0.05) is 11.6 Å². The van der Waals surface area contributed by atoms with Crippen LogP contribution >= 0.6 is 11.6 Å². The van der Waals surface area contributed by atoms with Crippen LogP contribution in [0.3, 0.4) is 0 Å². The maximum atomic E-state index is 13.4. The topological polar surface area (TPSA) is 54.5 Å². The van der Waals surface area contributed by atoms with Crippen LogP contribution in [0.15, 0.2) is 60.8 Å². The van der Waals surface area contributed by atoms with Crippen LogP contribution in [0.2, 0.25) is 5.02 Å². The molecule has 1 aromatic heterocycles. The molecule has 1 N–H and O–H groups in total. The summed E-state index contributed by atoms with van der Waals surface area (Å²) in [5, 5.41) is 3.45. The van der Waals surface area contributed by atoms with Crippen LogP contribution < -0.4 is 15.0 Å². The summed E-state index contributed by atoms with van der Waals surface area (Å²) in [5.41, 5.74) is 2.28. The van der Waals surface area contributed by atoms with Crippen molar-refractivity contribution in [1.82, 2.24) is 4.98 Å². The van der Waals surface area contributed by atoms with Gasteiger partial charge in [0.1, 0.15) is 11.6 Å². The lowest BCUT2D eigenvalue weighted by Crippen LogP contribution is -2.32. The molecule has 0 aliphatic carbocycles. The number of fused-ring (bicyclic) bond motifs is 1. The Bertz CT molecular complexity index is 1030. The van der Waals surface area contributed by atoms with Crippen molar-refractivity contribution in [3.8, 4) is 5.75 Å². The van der Waals surface area contributed by atoms with E-state index in [0.717, 1.165) is 5.75 Å². The van der Waals surface area contributed by atoms with Crippen LogP contribution in [0.1, 0.15) is 29.1 Å². The smallest absolute Gasteiger partial charge is 0.262 e. The first kappa shape index (κ1) is 18.3. The maximum Gasteiger partial charge on any atom is 0.262 e. The zero-order chi connectivity index (χ0) is 19.7. The molecule has 3 aromatic rings. The Morgan fingerprint density at radius 1 is 1.21 bits per heavy atom. The fourth-order valence-electron chi connectivity index (χ4n) is 3.21. The number of rotatable bonds is 5. The number of aromatic nitrogens is 1. The van der Waals surface area contributed by atoms with Gasteiger partial charge in [0.2, 0.25) is 0 Å². The Balaban J connectivity index is 1.74. The van der Waals surface area contributed by atoms with Crippen molar-refractivity contribution >= 4 is 28.9 Å². The number of amides is 1. The maximum absolute atomic E-state index is 13.4. The Morgan fingerprint density at radius 3 is 2.71 bits per heavy atom. The number of nitrogens with zero attached hydrogens (tertiary/aromatic N) is 2. The third-order valence-electron chi connectivity index (χ3n) is 4.45. The summed E-state index contributed by atoms with van der Waals surface area (Å²) in [7, 11) is 0. The second-order valence-corrected chi connectivity index (χ2v) is 6.62. The van der Waals surface area contributed by atoms with Crippen molar-refractivity contribution in [1.29, 1.82) is 0 Å². The number of anilines is 2. The molecule has 5 nitrogen and oxygen atoms in total. The number of halogens is 2. The van der Waals surface area contributed by atoms with Crippen LogP contribution in [0.25, 0.3) is 0 Å². The number of carbonyl (C=O) groups excluding carboxylic acids is 1. The standard InChI is InChI=1S/C21H17ClFN3O2/c1-2-28-15-8-6-14(7-9-15)26-20(19-16(21(26)27)4-3-11-24-19)25-18-10-5-13(23)12-17(18)22/h3-12,20,25H,2H2,1H3. The van der Waals surface area contributed by atoms with Gasteiger partial charge in [-0.25, -0.2) is 4.39 Å². The molecule has 1 atom stereocenters. The molecule has 0 saturated heterocycles. The van der Waals surface area contributed by atoms with Crippen molar-refractivity contribution in [3.63, 3.8) is 0 Å². The molecule has 0 fully saturated rings. The van der Waals surface area contributed by atoms with Gasteiger partial charge in [-0.3, -0.25) is 14.7 Å². The van der Waals surface area contributed by atoms with Crippen LogP contribution in [0.4, 0.5) is 15.8 Å². The highest BCUT2D eigenvalue weighted by atomic mass is 35.5. The Labute approximate surface area is 166 Å². The van der Waals surface area contributed by atoms with E-state index in [1.807, 2.05) is 31.2 Å². The third kappa shape index (κ3) is 3.27. The molecule has 0 bridgehead atoms. The van der Waals surface area contributed by atoms with E-state index >= 15 is 0 Å². The van der Waals surface area contributed by atoms with E-state index in [1.54, 1.807) is 29.3 Å². The van der Waals surface area contributed by atoms with Gasteiger partial charge < -0.3 is 10.1 Å². The summed E-state index contributed by atoms with van der Waals surface area (Å²) < 4.78 is 18.9. The Hall–Kier alpha value is -3.12. The summed E-state index contributed by atoms with van der Waals surface area (Å²) in [6.45, 7) is 2.47. The first-order chi connectivity index (χ1) is 13.6. The SMILES string of the molecule is CCOc1ccc(N2C(=O)c3cccnc3C2Nc2ccc(F)cc2Cl)cc1. The van der Waals surface area contributed by atoms with Gasteiger partial charge in [0.05, 0.1) is 28.6 Å². The normalized spacial score (nSPS) is 15.5. The van der Waals surface area contributed by atoms with Gasteiger partial charge in [0.15, 0.2) is 6.17 Å². The predicted molar refractivity (Wildman–Crippen MR) is 106 cm³/mol. The zero-order valence-electron chi connectivity index (χ0n) is 15.0. The first-order valence-electron chi connectivity index (χ1n) is 8.81. The van der Waals surface area contributed by atoms with Crippen LogP contribution in [-0.2, 0) is 0 Å². The zero-order valence-corrected chi connectivity index (χ0v) is 15.8. The van der Waals surface area contributed by atoms with Crippen molar-refractivity contribution in [2.24, 2.45) is 0 Å². The molecular weight excluding hydrogens is 381 g/mol. The molecular formula is C21H17ClFN3O2. The second kappa shape index (κ2) is 7.48. The van der Waals surface area contributed by atoms with E-state index in [9.17, 15) is 9.18 Å². The first-order valence-corrected chi connectivity index (χ1v) is 9.19. The van der Waals surface area contributed by atoms with Crippen molar-refractivity contribution in [2.45, 2.75) is 13.1 Å². The summed E-state index contributed by atoms with van der Waals surface area (Å²) in [6.07, 6.45) is 1.05. The molecule has 7 heteroatoms. The van der Waals surface area contributed by atoms with Gasteiger partial charge in [0.25, 0.3) is 5.91 Å². The summed E-state index contributed by atoms with van der Waals surface area (Å²) in [5.74, 6) is 0.113. The molecule has 1 aliphatic rings. The van der Waals surface area contributed by atoms with Gasteiger partial charge in [0, 0.05) is 11.9 Å². The van der Waals surface area contributed by atoms with Gasteiger partial charge in [-0.05, 0) is 61.5 Å². The quantitative estimate of drug-likeness (QED) is 0.655. The monoisotopic (exact) mass is 397 g/mol. The average Bonchev–Trinajstić information content (AvgIpc) is 2.97. The predicted octanol–water partition coefficient (Wildman–Crippen LogP) is 5.04. The molecule has 28 heavy (non-hydrogen) atoms. The number of benzene rings is 2. The molecule has 1 aliphatic heterocycles. The highest BCUT2D eigenvalue weighted by Crippen LogP contribution is 2.38. The molecule has 4 rings (SSSR count). The lowest BCUT2D eigenvalue weighted by atomic mass is 10.2. The van der Waals surface area contributed by atoms with Gasteiger partial charge in [-0.2, -0.15) is 0 Å². The molecule has 0 spiro atoms. The lowest BCUT2D eigenvalue weighted by Gasteiger charge is -2.27. The number of ether oxygens (including phenoxy) is 1. The molecule has 142 valence electrons. The van der Waals surface area contributed by atoms with Crippen LogP contribution in [0, 0.1) is 5.82 Å². The van der Waals surface area contributed by atoms with Crippen molar-refractivity contribution < 1.29 is 13.9 Å². The fourth-order valence-corrected chi connectivity index (χ4v) is 3.43. The molecule has 0 radical (unpaired) electrons. The fraction of sp³-hybridized carbons (Fsp3) is 0.143. The van der Waals surface area contributed by atoms with Crippen LogP contribution in [0.5, 0.6) is 5.75 Å². The third-order valence-corrected chi connectivity index (χ3v) is 4.77. The minimum Gasteiger partial charge on any atom is -0.494 e. The van der Waals surface area contributed by atoms with E-state index in [-0.39, 0.29) is 10.9 Å². The summed E-state index contributed by atoms with van der Waals surface area (Å²) >= 11 is 6.18. The molecule has 2 heterocycles. The molecule has 0 saturated carbocycles. The number of hydrogen-bond acceptors (Lipinski definition) is 4. The minimum absolute atomic E-state index is 0.178. The van der Waals surface area contributed by atoms with E-state index in [2.05, 4.69) is 10.3 Å². The number of pyridine rings is 1. The average molecular weight is 398 g/mol. The number of nitrogens with one attached hydrogen (secondary N) is 1. The van der Waals surface area contributed by atoms with E-state index in [4.69, 9.17) is 16.3 Å². The minimum atomic E-state index is -0.579. The highest BCUT2D eigenvalue weighted by Gasteiger charge is 2.39. The molecule has 1 unspecified atom stereocenters. The Morgan fingerprint density at radius 2 is 2.00 bits per heavy atom. The van der Waals surface area contributed by atoms with E-state index in [1.165, 1.54) is 12.1 Å². The summed E-state index contributed by atoms with van der Waals surface area (Å²) in [6, 6.07) is 14.8. The van der Waals surface area contributed by atoms with Crippen molar-refractivity contribution in [2.75, 3.05) is 16.8 Å². The lowest BCUT2D eigenvalue weighted by molar-refractivity contribution is 0.0993. The second-order valence-electron chi connectivity index (χ2n) is 6.21. The number of hydrogen-bond donors (Lipinski definition) is 1. The van der Waals surface area contributed by atoms with Crippen molar-refractivity contribution in [3.05, 3.63) is 82.9 Å². The summed E-state index contributed by atoms with van der Waals surface area (Å²) in [4.78, 5) is 19.1. The molecule has 1 amide bonds.